The molecule has 0 unspecified atom stereocenters. The first-order chi connectivity index (χ1) is 12.7. The molecular formula is C20H28N2O3S. The molecule has 0 spiro atoms. The first-order valence-electron chi connectivity index (χ1n) is 9.50. The second-order valence-corrected chi connectivity index (χ2v) is 7.96. The maximum absolute atomic E-state index is 12.4. The van der Waals surface area contributed by atoms with E-state index in [9.17, 15) is 9.59 Å². The summed E-state index contributed by atoms with van der Waals surface area (Å²) in [6.45, 7) is 4.58. The number of carbonyl (C=O) groups is 2. The van der Waals surface area contributed by atoms with Gasteiger partial charge in [0.2, 0.25) is 11.8 Å². The summed E-state index contributed by atoms with van der Waals surface area (Å²) in [7, 11) is 0. The van der Waals surface area contributed by atoms with E-state index in [0.717, 1.165) is 44.5 Å². The van der Waals surface area contributed by atoms with E-state index in [2.05, 4.69) is 12.1 Å². The summed E-state index contributed by atoms with van der Waals surface area (Å²) in [6, 6.07) is 8.37. The summed E-state index contributed by atoms with van der Waals surface area (Å²) in [4.78, 5) is 27.6. The molecule has 0 saturated carbocycles. The Hall–Kier alpha value is -1.69. The molecule has 5 nitrogen and oxygen atoms in total. The Labute approximate surface area is 160 Å². The molecule has 2 amide bonds. The number of likely N-dealkylation sites (tertiary alicyclic amines) is 1. The van der Waals surface area contributed by atoms with Crippen LogP contribution >= 0.6 is 11.8 Å². The van der Waals surface area contributed by atoms with Crippen LogP contribution in [-0.2, 0) is 16.0 Å². The number of piperidine rings is 1. The van der Waals surface area contributed by atoms with E-state index in [1.54, 1.807) is 16.7 Å². The van der Waals surface area contributed by atoms with Crippen LogP contribution in [0.3, 0.4) is 0 Å². The summed E-state index contributed by atoms with van der Waals surface area (Å²) in [6.07, 6.45) is 4.36. The van der Waals surface area contributed by atoms with Gasteiger partial charge in [-0.3, -0.25) is 9.59 Å². The van der Waals surface area contributed by atoms with Crippen molar-refractivity contribution in [3.63, 3.8) is 0 Å². The largest absolute Gasteiger partial charge is 0.494 e. The van der Waals surface area contributed by atoms with Gasteiger partial charge in [0.05, 0.1) is 18.2 Å². The summed E-state index contributed by atoms with van der Waals surface area (Å²) >= 11 is 1.59. The van der Waals surface area contributed by atoms with E-state index in [-0.39, 0.29) is 18.4 Å². The molecule has 0 aliphatic carbocycles. The van der Waals surface area contributed by atoms with Crippen LogP contribution in [0.2, 0.25) is 0 Å². The lowest BCUT2D eigenvalue weighted by Gasteiger charge is -2.33. The second-order valence-electron chi connectivity index (χ2n) is 7.01. The summed E-state index contributed by atoms with van der Waals surface area (Å²) in [5.41, 5.74) is 1.34. The zero-order valence-corrected chi connectivity index (χ0v) is 16.3. The lowest BCUT2D eigenvalue weighted by Crippen LogP contribution is -2.44. The quantitative estimate of drug-likeness (QED) is 0.734. The van der Waals surface area contributed by atoms with Crippen molar-refractivity contribution < 1.29 is 14.3 Å². The number of hydrogen-bond acceptors (Lipinski definition) is 4. The van der Waals surface area contributed by atoms with Crippen molar-refractivity contribution in [2.45, 2.75) is 32.6 Å². The lowest BCUT2D eigenvalue weighted by molar-refractivity contribution is -0.138. The maximum Gasteiger partial charge on any atom is 0.242 e. The molecule has 142 valence electrons. The van der Waals surface area contributed by atoms with Crippen LogP contribution in [0.25, 0.3) is 0 Å². The molecule has 2 saturated heterocycles. The zero-order valence-electron chi connectivity index (χ0n) is 15.5. The summed E-state index contributed by atoms with van der Waals surface area (Å²) in [5.74, 6) is 2.97. The number of aryl methyl sites for hydroxylation is 1. The minimum absolute atomic E-state index is 0.0913. The molecule has 2 aliphatic heterocycles. The highest BCUT2D eigenvalue weighted by molar-refractivity contribution is 8.00. The van der Waals surface area contributed by atoms with E-state index in [0.29, 0.717) is 24.2 Å². The van der Waals surface area contributed by atoms with Gasteiger partial charge in [0.25, 0.3) is 0 Å². The smallest absolute Gasteiger partial charge is 0.242 e. The molecule has 6 heteroatoms. The van der Waals surface area contributed by atoms with Gasteiger partial charge in [0.1, 0.15) is 12.3 Å². The average Bonchev–Trinajstić information content (AvgIpc) is 3.06. The number of nitrogens with zero attached hydrogens (tertiary/aromatic N) is 2. The number of ether oxygens (including phenoxy) is 1. The molecule has 3 rings (SSSR count). The number of benzene rings is 1. The first-order valence-corrected chi connectivity index (χ1v) is 10.7. The fourth-order valence-corrected chi connectivity index (χ4v) is 4.47. The highest BCUT2D eigenvalue weighted by atomic mass is 32.2. The van der Waals surface area contributed by atoms with Gasteiger partial charge in [-0.05, 0) is 56.2 Å². The van der Waals surface area contributed by atoms with Gasteiger partial charge >= 0.3 is 0 Å². The van der Waals surface area contributed by atoms with E-state index in [4.69, 9.17) is 4.74 Å². The highest BCUT2D eigenvalue weighted by Gasteiger charge is 2.27. The molecule has 2 fully saturated rings. The average molecular weight is 377 g/mol. The van der Waals surface area contributed by atoms with Crippen LogP contribution in [0.5, 0.6) is 5.75 Å². The van der Waals surface area contributed by atoms with Gasteiger partial charge in [-0.2, -0.15) is 0 Å². The van der Waals surface area contributed by atoms with Gasteiger partial charge in [-0.1, -0.05) is 12.1 Å². The van der Waals surface area contributed by atoms with Crippen LogP contribution in [0.4, 0.5) is 0 Å². The third-order valence-corrected chi connectivity index (χ3v) is 6.14. The minimum atomic E-state index is 0.0913. The van der Waals surface area contributed by atoms with Gasteiger partial charge in [0, 0.05) is 13.1 Å². The predicted molar refractivity (Wildman–Crippen MR) is 104 cm³/mol. The molecule has 2 heterocycles. The fourth-order valence-electron chi connectivity index (χ4n) is 3.56. The van der Waals surface area contributed by atoms with Gasteiger partial charge in [0.15, 0.2) is 0 Å². The van der Waals surface area contributed by atoms with Crippen molar-refractivity contribution >= 4 is 23.6 Å². The van der Waals surface area contributed by atoms with E-state index < -0.39 is 0 Å². The van der Waals surface area contributed by atoms with Crippen molar-refractivity contribution in [1.29, 1.82) is 0 Å². The molecule has 0 bridgehead atoms. The van der Waals surface area contributed by atoms with Crippen LogP contribution in [0.1, 0.15) is 31.7 Å². The highest BCUT2D eigenvalue weighted by Crippen LogP contribution is 2.24. The fraction of sp³-hybridized carbons (Fsp3) is 0.600. The Balaban J connectivity index is 1.38. The van der Waals surface area contributed by atoms with Crippen molar-refractivity contribution in [2.75, 3.05) is 37.9 Å². The number of rotatable bonds is 7. The summed E-state index contributed by atoms with van der Waals surface area (Å²) in [5, 5.41) is 0. The Bertz CT molecular complexity index is 612. The Kier molecular flexibility index (Phi) is 6.83. The van der Waals surface area contributed by atoms with E-state index in [1.807, 2.05) is 24.0 Å². The third-order valence-electron chi connectivity index (χ3n) is 5.19. The number of carbonyl (C=O) groups excluding carboxylic acids is 2. The standard InChI is InChI=1S/C20H28N2O3S/c1-2-25-18-7-5-16(6-8-18)3-4-17-9-11-21(12-10-17)19(23)13-22-15-26-14-20(22)24/h5-8,17H,2-4,9-15H2,1H3. The molecule has 0 radical (unpaired) electrons. The monoisotopic (exact) mass is 376 g/mol. The number of amides is 2. The Morgan fingerprint density at radius 2 is 1.96 bits per heavy atom. The predicted octanol–water partition coefficient (Wildman–Crippen LogP) is 2.79. The number of hydrogen-bond donors (Lipinski definition) is 0. The van der Waals surface area contributed by atoms with Gasteiger partial charge in [-0.15, -0.1) is 11.8 Å². The molecule has 0 atom stereocenters. The first kappa shape index (κ1) is 19.1. The van der Waals surface area contributed by atoms with E-state index >= 15 is 0 Å². The topological polar surface area (TPSA) is 49.9 Å². The van der Waals surface area contributed by atoms with Gasteiger partial charge in [-0.25, -0.2) is 0 Å². The third kappa shape index (κ3) is 5.16. The molecule has 1 aromatic rings. The van der Waals surface area contributed by atoms with Crippen molar-refractivity contribution in [1.82, 2.24) is 9.80 Å². The Morgan fingerprint density at radius 1 is 1.23 bits per heavy atom. The SMILES string of the molecule is CCOc1ccc(CCC2CCN(C(=O)CN3CSCC3=O)CC2)cc1. The normalized spacial score (nSPS) is 18.4. The van der Waals surface area contributed by atoms with Crippen molar-refractivity contribution in [3.8, 4) is 5.75 Å². The van der Waals surface area contributed by atoms with E-state index in [1.165, 1.54) is 5.56 Å². The zero-order chi connectivity index (χ0) is 18.4. The van der Waals surface area contributed by atoms with Crippen LogP contribution in [0.15, 0.2) is 24.3 Å². The molecule has 2 aliphatic rings. The molecule has 26 heavy (non-hydrogen) atoms. The Morgan fingerprint density at radius 3 is 2.58 bits per heavy atom. The van der Waals surface area contributed by atoms with Crippen LogP contribution in [0, 0.1) is 5.92 Å². The maximum atomic E-state index is 12.4. The number of thioether (sulfide) groups is 1. The molecule has 1 aromatic carbocycles. The molecule has 0 N–H and O–H groups in total. The van der Waals surface area contributed by atoms with Crippen molar-refractivity contribution in [3.05, 3.63) is 29.8 Å². The summed E-state index contributed by atoms with van der Waals surface area (Å²) < 4.78 is 5.48. The lowest BCUT2D eigenvalue weighted by atomic mass is 9.90. The minimum Gasteiger partial charge on any atom is -0.494 e. The van der Waals surface area contributed by atoms with Crippen molar-refractivity contribution in [2.24, 2.45) is 5.92 Å². The second kappa shape index (κ2) is 9.31. The van der Waals surface area contributed by atoms with Crippen LogP contribution in [-0.4, -0.2) is 59.5 Å². The molecular weight excluding hydrogens is 348 g/mol. The van der Waals surface area contributed by atoms with Crippen LogP contribution < -0.4 is 4.74 Å². The molecule has 0 aromatic heterocycles. The van der Waals surface area contributed by atoms with Gasteiger partial charge < -0.3 is 14.5 Å².